The number of furan rings is 1. The second kappa shape index (κ2) is 7.25. The third-order valence-corrected chi connectivity index (χ3v) is 3.88. The minimum Gasteiger partial charge on any atom is -0.465 e. The summed E-state index contributed by atoms with van der Waals surface area (Å²) in [7, 11) is 1.80. The Kier molecular flexibility index (Phi) is 5.64. The molecular formula is C16H28N2O2. The summed E-state index contributed by atoms with van der Waals surface area (Å²) >= 11 is 0. The highest BCUT2D eigenvalue weighted by atomic mass is 16.5. The molecule has 1 aliphatic rings. The van der Waals surface area contributed by atoms with Gasteiger partial charge in [-0.1, -0.05) is 13.8 Å². The van der Waals surface area contributed by atoms with Crippen LogP contribution in [-0.4, -0.2) is 37.7 Å². The van der Waals surface area contributed by atoms with Gasteiger partial charge >= 0.3 is 0 Å². The van der Waals surface area contributed by atoms with Crippen LogP contribution in [0, 0.1) is 12.8 Å². The van der Waals surface area contributed by atoms with Crippen LogP contribution in [0.25, 0.3) is 0 Å². The maximum atomic E-state index is 5.88. The van der Waals surface area contributed by atoms with Crippen LogP contribution in [0.4, 0.5) is 0 Å². The molecule has 2 heterocycles. The fourth-order valence-corrected chi connectivity index (χ4v) is 2.69. The third kappa shape index (κ3) is 4.33. The van der Waals surface area contributed by atoms with Gasteiger partial charge in [-0.2, -0.15) is 0 Å². The van der Waals surface area contributed by atoms with Gasteiger partial charge in [-0.15, -0.1) is 0 Å². The van der Waals surface area contributed by atoms with Gasteiger partial charge in [0.1, 0.15) is 11.5 Å². The summed E-state index contributed by atoms with van der Waals surface area (Å²) < 4.78 is 11.3. The number of hydrogen-bond donors (Lipinski definition) is 1. The molecule has 20 heavy (non-hydrogen) atoms. The lowest BCUT2D eigenvalue weighted by Gasteiger charge is -2.13. The largest absolute Gasteiger partial charge is 0.465 e. The smallest absolute Gasteiger partial charge is 0.118 e. The molecule has 1 unspecified atom stereocenters. The quantitative estimate of drug-likeness (QED) is 0.833. The van der Waals surface area contributed by atoms with E-state index >= 15 is 0 Å². The van der Waals surface area contributed by atoms with Crippen LogP contribution in [0.1, 0.15) is 37.4 Å². The van der Waals surface area contributed by atoms with Crippen LogP contribution in [0.15, 0.2) is 10.5 Å². The minimum atomic E-state index is 0.387. The summed E-state index contributed by atoms with van der Waals surface area (Å²) in [5.74, 6) is 2.79. The Morgan fingerprint density at radius 2 is 2.30 bits per heavy atom. The monoisotopic (exact) mass is 280 g/mol. The van der Waals surface area contributed by atoms with Crippen LogP contribution < -0.4 is 5.32 Å². The van der Waals surface area contributed by atoms with E-state index in [1.165, 1.54) is 5.56 Å². The molecule has 0 saturated carbocycles. The van der Waals surface area contributed by atoms with E-state index in [4.69, 9.17) is 9.15 Å². The van der Waals surface area contributed by atoms with E-state index in [0.29, 0.717) is 12.0 Å². The van der Waals surface area contributed by atoms with Crippen molar-refractivity contribution < 1.29 is 9.15 Å². The van der Waals surface area contributed by atoms with E-state index in [1.54, 1.807) is 7.11 Å². The number of hydrogen-bond acceptors (Lipinski definition) is 4. The Hall–Kier alpha value is -0.840. The fourth-order valence-electron chi connectivity index (χ4n) is 2.69. The van der Waals surface area contributed by atoms with Crippen molar-refractivity contribution in [2.24, 2.45) is 5.92 Å². The Labute approximate surface area is 122 Å². The van der Waals surface area contributed by atoms with Crippen LogP contribution in [0.5, 0.6) is 0 Å². The van der Waals surface area contributed by atoms with Gasteiger partial charge in [0.2, 0.25) is 0 Å². The van der Waals surface area contributed by atoms with Crippen LogP contribution in [0.3, 0.4) is 0 Å². The van der Waals surface area contributed by atoms with Gasteiger partial charge in [-0.25, -0.2) is 0 Å². The maximum absolute atomic E-state index is 5.88. The van der Waals surface area contributed by atoms with Gasteiger partial charge in [-0.3, -0.25) is 4.90 Å². The van der Waals surface area contributed by atoms with Gasteiger partial charge in [0.05, 0.1) is 12.6 Å². The molecule has 0 bridgehead atoms. The van der Waals surface area contributed by atoms with Crippen molar-refractivity contribution in [2.45, 2.75) is 46.4 Å². The summed E-state index contributed by atoms with van der Waals surface area (Å²) in [5, 5.41) is 3.47. The lowest BCUT2D eigenvalue weighted by molar-refractivity contribution is 0.106. The molecule has 1 aromatic heterocycles. The lowest BCUT2D eigenvalue weighted by atomic mass is 10.2. The Balaban J connectivity index is 1.84. The molecule has 0 radical (unpaired) electrons. The molecule has 4 nitrogen and oxygen atoms in total. The molecule has 114 valence electrons. The zero-order chi connectivity index (χ0) is 14.5. The first-order valence-electron chi connectivity index (χ1n) is 7.62. The number of rotatable bonds is 7. The summed E-state index contributed by atoms with van der Waals surface area (Å²) in [6.07, 6.45) is 1.51. The highest BCUT2D eigenvalue weighted by Gasteiger charge is 2.23. The molecule has 1 atom stereocenters. The van der Waals surface area contributed by atoms with E-state index in [2.05, 4.69) is 37.1 Å². The zero-order valence-corrected chi connectivity index (χ0v) is 13.2. The summed E-state index contributed by atoms with van der Waals surface area (Å²) in [5.41, 5.74) is 1.28. The van der Waals surface area contributed by atoms with Crippen molar-refractivity contribution in [3.05, 3.63) is 23.2 Å². The van der Waals surface area contributed by atoms with Gasteiger partial charge in [0.15, 0.2) is 0 Å². The fraction of sp³-hybridized carbons (Fsp3) is 0.750. The predicted molar refractivity (Wildman–Crippen MR) is 80.7 cm³/mol. The molecule has 0 spiro atoms. The summed E-state index contributed by atoms with van der Waals surface area (Å²) in [4.78, 5) is 2.40. The van der Waals surface area contributed by atoms with E-state index in [9.17, 15) is 0 Å². The summed E-state index contributed by atoms with van der Waals surface area (Å²) in [6, 6.07) is 2.20. The van der Waals surface area contributed by atoms with Crippen molar-refractivity contribution in [2.75, 3.05) is 26.7 Å². The molecule has 1 aliphatic heterocycles. The second-order valence-corrected chi connectivity index (χ2v) is 6.20. The number of likely N-dealkylation sites (tertiary alicyclic amines) is 1. The number of ether oxygens (including phenoxy) is 1. The molecule has 0 aromatic carbocycles. The minimum absolute atomic E-state index is 0.387. The molecule has 1 N–H and O–H groups in total. The van der Waals surface area contributed by atoms with Crippen molar-refractivity contribution in [3.8, 4) is 0 Å². The molecule has 2 rings (SSSR count). The molecule has 1 aromatic rings. The number of methoxy groups -OCH3 is 1. The predicted octanol–water partition coefficient (Wildman–Crippen LogP) is 2.55. The van der Waals surface area contributed by atoms with Gasteiger partial charge in [-0.05, 0) is 31.9 Å². The Morgan fingerprint density at radius 3 is 2.95 bits per heavy atom. The summed E-state index contributed by atoms with van der Waals surface area (Å²) in [6.45, 7) is 11.4. The highest BCUT2D eigenvalue weighted by Crippen LogP contribution is 2.19. The van der Waals surface area contributed by atoms with Crippen LogP contribution in [0.2, 0.25) is 0 Å². The van der Waals surface area contributed by atoms with Gasteiger partial charge in [0.25, 0.3) is 0 Å². The van der Waals surface area contributed by atoms with Crippen molar-refractivity contribution >= 4 is 0 Å². The first-order chi connectivity index (χ1) is 9.58. The first kappa shape index (κ1) is 15.5. The third-order valence-electron chi connectivity index (χ3n) is 3.88. The highest BCUT2D eigenvalue weighted by molar-refractivity contribution is 5.20. The lowest BCUT2D eigenvalue weighted by Crippen LogP contribution is -2.22. The molecule has 0 aliphatic carbocycles. The maximum Gasteiger partial charge on any atom is 0.118 e. The topological polar surface area (TPSA) is 37.6 Å². The van der Waals surface area contributed by atoms with Crippen molar-refractivity contribution in [3.63, 3.8) is 0 Å². The van der Waals surface area contributed by atoms with Gasteiger partial charge < -0.3 is 14.5 Å². The van der Waals surface area contributed by atoms with E-state index in [0.717, 1.165) is 50.7 Å². The van der Waals surface area contributed by atoms with E-state index in [-0.39, 0.29) is 0 Å². The molecule has 0 amide bonds. The number of nitrogens with zero attached hydrogens (tertiary/aromatic N) is 1. The molecule has 1 fully saturated rings. The van der Waals surface area contributed by atoms with Gasteiger partial charge in [0, 0.05) is 32.3 Å². The Morgan fingerprint density at radius 1 is 1.50 bits per heavy atom. The van der Waals surface area contributed by atoms with Crippen molar-refractivity contribution in [1.29, 1.82) is 0 Å². The van der Waals surface area contributed by atoms with E-state index in [1.807, 2.05) is 0 Å². The van der Waals surface area contributed by atoms with Crippen molar-refractivity contribution in [1.82, 2.24) is 10.2 Å². The van der Waals surface area contributed by atoms with Crippen LogP contribution >= 0.6 is 0 Å². The number of nitrogens with one attached hydrogen (secondary N) is 1. The standard InChI is InChI=1S/C16H28N2O2/c1-12(2)8-17-9-14-7-16(20-13(14)3)11-18-6-5-15(10-18)19-4/h7,12,15,17H,5-6,8-11H2,1-4H3. The molecular weight excluding hydrogens is 252 g/mol. The molecule has 4 heteroatoms. The van der Waals surface area contributed by atoms with Crippen LogP contribution in [-0.2, 0) is 17.8 Å². The normalized spacial score (nSPS) is 20.1. The zero-order valence-electron chi connectivity index (χ0n) is 13.2. The second-order valence-electron chi connectivity index (χ2n) is 6.20. The first-order valence-corrected chi connectivity index (χ1v) is 7.62. The number of aryl methyl sites for hydroxylation is 1. The SMILES string of the molecule is COC1CCN(Cc2cc(CNCC(C)C)c(C)o2)C1. The van der Waals surface area contributed by atoms with E-state index < -0.39 is 0 Å². The Bertz CT molecular complexity index is 415. The average Bonchev–Trinajstić information content (AvgIpc) is 2.97. The average molecular weight is 280 g/mol. The molecule has 1 saturated heterocycles.